The van der Waals surface area contributed by atoms with E-state index in [9.17, 15) is 13.6 Å². The van der Waals surface area contributed by atoms with Crippen LogP contribution >= 0.6 is 0 Å². The van der Waals surface area contributed by atoms with Crippen molar-refractivity contribution in [3.8, 4) is 5.75 Å². The molecule has 2 N–H and O–H groups in total. The number of aromatic amines is 1. The summed E-state index contributed by atoms with van der Waals surface area (Å²) >= 11 is 0. The minimum absolute atomic E-state index is 0.0733. The zero-order chi connectivity index (χ0) is 16.1. The Kier molecular flexibility index (Phi) is 4.82. The number of nitrogens with zero attached hydrogens (tertiary/aromatic N) is 2. The maximum Gasteiger partial charge on any atom is 0.387 e. The smallest absolute Gasteiger partial charge is 0.387 e. The first kappa shape index (κ1) is 15.6. The van der Waals surface area contributed by atoms with E-state index in [0.29, 0.717) is 17.0 Å². The van der Waals surface area contributed by atoms with Gasteiger partial charge in [0.1, 0.15) is 5.75 Å². The van der Waals surface area contributed by atoms with Crippen LogP contribution in [0.4, 0.5) is 14.7 Å². The zero-order valence-corrected chi connectivity index (χ0v) is 11.9. The average molecular weight is 308 g/mol. The van der Waals surface area contributed by atoms with Crippen molar-refractivity contribution in [1.29, 1.82) is 0 Å². The first-order valence-electron chi connectivity index (χ1n) is 6.37. The number of alkyl halides is 2. The molecule has 0 bridgehead atoms. The molecule has 0 amide bonds. The maximum absolute atomic E-state index is 12.1. The van der Waals surface area contributed by atoms with Crippen LogP contribution in [0.1, 0.15) is 18.2 Å². The van der Waals surface area contributed by atoms with Crippen molar-refractivity contribution in [2.24, 2.45) is 5.10 Å². The molecular formula is C14H14F2N4O2. The lowest BCUT2D eigenvalue weighted by Gasteiger charge is -2.06. The van der Waals surface area contributed by atoms with Gasteiger partial charge in [0.2, 0.25) is 5.95 Å². The second-order valence-electron chi connectivity index (χ2n) is 4.45. The molecule has 0 aliphatic rings. The number of benzene rings is 1. The number of nitrogens with one attached hydrogen (secondary N) is 2. The maximum atomic E-state index is 12.1. The predicted octanol–water partition coefficient (Wildman–Crippen LogP) is 2.52. The summed E-state index contributed by atoms with van der Waals surface area (Å²) in [5, 5.41) is 4.08. The Morgan fingerprint density at radius 2 is 2.05 bits per heavy atom. The SMILES string of the molecule is C/C(=N/Nc1nc(C)cc(=O)[nH]1)c1ccc(OC(F)F)cc1. The molecule has 8 heteroatoms. The lowest BCUT2D eigenvalue weighted by Crippen LogP contribution is -2.11. The summed E-state index contributed by atoms with van der Waals surface area (Å²) in [4.78, 5) is 17.9. The van der Waals surface area contributed by atoms with Gasteiger partial charge in [-0.2, -0.15) is 13.9 Å². The van der Waals surface area contributed by atoms with Gasteiger partial charge in [-0.25, -0.2) is 10.4 Å². The molecule has 0 unspecified atom stereocenters. The van der Waals surface area contributed by atoms with E-state index in [1.54, 1.807) is 26.0 Å². The summed E-state index contributed by atoms with van der Waals surface area (Å²) in [7, 11) is 0. The molecule has 0 saturated carbocycles. The van der Waals surface area contributed by atoms with Crippen molar-refractivity contribution in [3.05, 3.63) is 51.9 Å². The third-order valence-corrected chi connectivity index (χ3v) is 2.70. The number of hydrogen-bond acceptors (Lipinski definition) is 5. The molecule has 0 saturated heterocycles. The molecule has 22 heavy (non-hydrogen) atoms. The highest BCUT2D eigenvalue weighted by Gasteiger charge is 2.05. The third kappa shape index (κ3) is 4.37. The van der Waals surface area contributed by atoms with Gasteiger partial charge in [0.25, 0.3) is 5.56 Å². The van der Waals surface area contributed by atoms with Gasteiger partial charge in [0.05, 0.1) is 5.71 Å². The van der Waals surface area contributed by atoms with Crippen molar-refractivity contribution < 1.29 is 13.5 Å². The quantitative estimate of drug-likeness (QED) is 0.657. The summed E-state index contributed by atoms with van der Waals surface area (Å²) in [5.41, 5.74) is 4.23. The molecule has 1 aromatic carbocycles. The molecule has 1 aromatic heterocycles. The molecule has 116 valence electrons. The molecule has 0 spiro atoms. The fourth-order valence-electron chi connectivity index (χ4n) is 1.71. The highest BCUT2D eigenvalue weighted by atomic mass is 19.3. The molecule has 2 aromatic rings. The molecule has 0 radical (unpaired) electrons. The van der Waals surface area contributed by atoms with Gasteiger partial charge >= 0.3 is 6.61 Å². The molecule has 2 rings (SSSR count). The van der Waals surface area contributed by atoms with Crippen molar-refractivity contribution in [2.45, 2.75) is 20.5 Å². The molecular weight excluding hydrogens is 294 g/mol. The molecule has 0 aliphatic carbocycles. The van der Waals surface area contributed by atoms with E-state index in [-0.39, 0.29) is 17.3 Å². The summed E-state index contributed by atoms with van der Waals surface area (Å²) in [6.07, 6.45) is 0. The normalized spacial score (nSPS) is 11.6. The van der Waals surface area contributed by atoms with Crippen LogP contribution in [0.5, 0.6) is 5.75 Å². The Morgan fingerprint density at radius 3 is 2.64 bits per heavy atom. The lowest BCUT2D eigenvalue weighted by atomic mass is 10.1. The van der Waals surface area contributed by atoms with Crippen LogP contribution in [-0.2, 0) is 0 Å². The van der Waals surface area contributed by atoms with Crippen LogP contribution in [0, 0.1) is 6.92 Å². The zero-order valence-electron chi connectivity index (χ0n) is 11.9. The second-order valence-corrected chi connectivity index (χ2v) is 4.45. The molecule has 0 aliphatic heterocycles. The number of aryl methyl sites for hydroxylation is 1. The summed E-state index contributed by atoms with van der Waals surface area (Å²) in [6, 6.07) is 7.42. The van der Waals surface area contributed by atoms with Gasteiger partial charge in [-0.3, -0.25) is 9.78 Å². The van der Waals surface area contributed by atoms with E-state index in [1.807, 2.05) is 0 Å². The highest BCUT2D eigenvalue weighted by molar-refractivity contribution is 5.99. The largest absolute Gasteiger partial charge is 0.435 e. The predicted molar refractivity (Wildman–Crippen MR) is 78.5 cm³/mol. The van der Waals surface area contributed by atoms with Gasteiger partial charge < -0.3 is 4.74 Å². The van der Waals surface area contributed by atoms with Crippen LogP contribution in [0.3, 0.4) is 0 Å². The van der Waals surface area contributed by atoms with Gasteiger partial charge in [-0.15, -0.1) is 0 Å². The Hall–Kier alpha value is -2.77. The van der Waals surface area contributed by atoms with Crippen LogP contribution in [0.25, 0.3) is 0 Å². The van der Waals surface area contributed by atoms with Gasteiger partial charge in [-0.1, -0.05) is 0 Å². The van der Waals surface area contributed by atoms with Crippen molar-refractivity contribution >= 4 is 11.7 Å². The first-order chi connectivity index (χ1) is 10.4. The standard InChI is InChI=1S/C14H14F2N4O2/c1-8-7-12(21)18-14(17-8)20-19-9(2)10-3-5-11(6-4-10)22-13(15)16/h3-7,13H,1-2H3,(H2,17,18,20,21)/b19-9-. The minimum atomic E-state index is -2.86. The second kappa shape index (κ2) is 6.79. The topological polar surface area (TPSA) is 79.4 Å². The number of ether oxygens (including phenoxy) is 1. The Balaban J connectivity index is 2.09. The average Bonchev–Trinajstić information content (AvgIpc) is 2.44. The number of H-pyrrole nitrogens is 1. The molecule has 1 heterocycles. The van der Waals surface area contributed by atoms with E-state index in [4.69, 9.17) is 0 Å². The number of hydrazone groups is 1. The third-order valence-electron chi connectivity index (χ3n) is 2.70. The lowest BCUT2D eigenvalue weighted by molar-refractivity contribution is -0.0498. The Bertz CT molecular complexity index is 726. The summed E-state index contributed by atoms with van der Waals surface area (Å²) in [5.74, 6) is 0.297. The van der Waals surface area contributed by atoms with E-state index < -0.39 is 6.61 Å². The van der Waals surface area contributed by atoms with Gasteiger partial charge in [0, 0.05) is 11.8 Å². The van der Waals surface area contributed by atoms with Gasteiger partial charge in [0.15, 0.2) is 0 Å². The van der Waals surface area contributed by atoms with E-state index in [0.717, 1.165) is 0 Å². The van der Waals surface area contributed by atoms with Crippen LogP contribution in [0.2, 0.25) is 0 Å². The number of halogens is 2. The van der Waals surface area contributed by atoms with Crippen molar-refractivity contribution in [1.82, 2.24) is 9.97 Å². The molecule has 6 nitrogen and oxygen atoms in total. The minimum Gasteiger partial charge on any atom is -0.435 e. The number of anilines is 1. The number of hydrogen-bond donors (Lipinski definition) is 2. The molecule has 0 atom stereocenters. The highest BCUT2D eigenvalue weighted by Crippen LogP contribution is 2.15. The fourth-order valence-corrected chi connectivity index (χ4v) is 1.71. The summed E-state index contributed by atoms with van der Waals surface area (Å²) in [6.45, 7) is 0.564. The monoisotopic (exact) mass is 308 g/mol. The number of aromatic nitrogens is 2. The van der Waals surface area contributed by atoms with E-state index >= 15 is 0 Å². The Labute approximate surface area is 124 Å². The Morgan fingerprint density at radius 1 is 1.36 bits per heavy atom. The van der Waals surface area contributed by atoms with Crippen molar-refractivity contribution in [2.75, 3.05) is 5.43 Å². The fraction of sp³-hybridized carbons (Fsp3) is 0.214. The van der Waals surface area contributed by atoms with Gasteiger partial charge in [-0.05, 0) is 43.7 Å². The summed E-state index contributed by atoms with van der Waals surface area (Å²) < 4.78 is 28.4. The van der Waals surface area contributed by atoms with Crippen LogP contribution in [-0.4, -0.2) is 22.3 Å². The number of rotatable bonds is 5. The molecule has 0 fully saturated rings. The van der Waals surface area contributed by atoms with Crippen molar-refractivity contribution in [3.63, 3.8) is 0 Å². The first-order valence-corrected chi connectivity index (χ1v) is 6.37. The van der Waals surface area contributed by atoms with E-state index in [1.165, 1.54) is 18.2 Å². The van der Waals surface area contributed by atoms with E-state index in [2.05, 4.69) is 25.2 Å². The van der Waals surface area contributed by atoms with Crippen LogP contribution in [0.15, 0.2) is 40.2 Å². The van der Waals surface area contributed by atoms with Crippen LogP contribution < -0.4 is 15.7 Å².